The molecule has 1 aromatic heterocycles. The number of hydrogen-bond donors (Lipinski definition) is 1. The minimum atomic E-state index is 0.541. The second kappa shape index (κ2) is 4.78. The van der Waals surface area contributed by atoms with Gasteiger partial charge >= 0.3 is 0 Å². The van der Waals surface area contributed by atoms with E-state index in [1.807, 2.05) is 0 Å². The molecule has 0 radical (unpaired) electrons. The maximum Gasteiger partial charge on any atom is 0.226 e. The topological polar surface area (TPSA) is 46.1 Å². The summed E-state index contributed by atoms with van der Waals surface area (Å²) in [5.41, 5.74) is 0. The molecule has 1 saturated carbocycles. The number of morpholine rings is 1. The summed E-state index contributed by atoms with van der Waals surface area (Å²) >= 11 is 5.37. The molecule has 3 rings (SSSR count). The van der Waals surface area contributed by atoms with Crippen molar-refractivity contribution in [3.05, 3.63) is 4.77 Å². The maximum absolute atomic E-state index is 5.38. The second-order valence-corrected chi connectivity index (χ2v) is 5.12. The molecule has 1 N–H and O–H groups in total. The summed E-state index contributed by atoms with van der Waals surface area (Å²) in [7, 11) is 0. The Hall–Kier alpha value is -0.880. The van der Waals surface area contributed by atoms with Crippen LogP contribution >= 0.6 is 12.2 Å². The number of aromatic nitrogens is 3. The van der Waals surface area contributed by atoms with Gasteiger partial charge in [-0.3, -0.25) is 4.57 Å². The van der Waals surface area contributed by atoms with Crippen molar-refractivity contribution in [3.8, 4) is 0 Å². The zero-order valence-electron chi connectivity index (χ0n) is 9.89. The van der Waals surface area contributed by atoms with Crippen LogP contribution in [0.5, 0.6) is 0 Å². The van der Waals surface area contributed by atoms with Crippen molar-refractivity contribution in [1.29, 1.82) is 0 Å². The van der Waals surface area contributed by atoms with E-state index in [1.54, 1.807) is 0 Å². The highest BCUT2D eigenvalue weighted by atomic mass is 32.1. The predicted molar refractivity (Wildman–Crippen MR) is 67.9 cm³/mol. The Labute approximate surface area is 106 Å². The van der Waals surface area contributed by atoms with Crippen LogP contribution in [0.4, 0.5) is 5.95 Å². The Morgan fingerprint density at radius 2 is 1.94 bits per heavy atom. The number of anilines is 1. The summed E-state index contributed by atoms with van der Waals surface area (Å²) in [5.74, 6) is 1.00. The number of rotatable bonds is 2. The third kappa shape index (κ3) is 2.11. The number of nitrogens with zero attached hydrogens (tertiary/aromatic N) is 3. The second-order valence-electron chi connectivity index (χ2n) is 4.74. The van der Waals surface area contributed by atoms with E-state index in [-0.39, 0.29) is 0 Å². The van der Waals surface area contributed by atoms with Crippen LogP contribution in [-0.2, 0) is 4.74 Å². The average Bonchev–Trinajstić information content (AvgIpc) is 2.99. The highest BCUT2D eigenvalue weighted by Gasteiger charge is 2.24. The van der Waals surface area contributed by atoms with Crippen LogP contribution in [0.15, 0.2) is 0 Å². The van der Waals surface area contributed by atoms with Gasteiger partial charge in [0.2, 0.25) is 5.95 Å². The quantitative estimate of drug-likeness (QED) is 0.819. The van der Waals surface area contributed by atoms with Crippen LogP contribution in [0, 0.1) is 4.77 Å². The van der Waals surface area contributed by atoms with E-state index < -0.39 is 0 Å². The molecule has 0 atom stereocenters. The molecule has 2 aliphatic rings. The SMILES string of the molecule is S=c1[nH]nc(N2CCOCC2)n1C1CCCC1. The third-order valence-corrected chi connectivity index (χ3v) is 3.96. The summed E-state index contributed by atoms with van der Waals surface area (Å²) < 4.78 is 8.36. The maximum atomic E-state index is 5.38. The fraction of sp³-hybridized carbons (Fsp3) is 0.818. The fourth-order valence-electron chi connectivity index (χ4n) is 2.77. The molecule has 0 amide bonds. The first-order valence-corrected chi connectivity index (χ1v) is 6.76. The number of hydrogen-bond acceptors (Lipinski definition) is 4. The van der Waals surface area contributed by atoms with Gasteiger partial charge in [-0.1, -0.05) is 12.8 Å². The molecule has 1 aliphatic carbocycles. The van der Waals surface area contributed by atoms with E-state index in [0.29, 0.717) is 6.04 Å². The highest BCUT2D eigenvalue weighted by Crippen LogP contribution is 2.32. The van der Waals surface area contributed by atoms with Gasteiger partial charge in [0.05, 0.1) is 13.2 Å². The molecular weight excluding hydrogens is 236 g/mol. The molecule has 6 heteroatoms. The van der Waals surface area contributed by atoms with Gasteiger partial charge in [0.25, 0.3) is 0 Å². The van der Waals surface area contributed by atoms with Gasteiger partial charge in [0, 0.05) is 19.1 Å². The summed E-state index contributed by atoms with van der Waals surface area (Å²) in [6.45, 7) is 3.38. The van der Waals surface area contributed by atoms with Crippen molar-refractivity contribution in [2.45, 2.75) is 31.7 Å². The Bertz CT molecular complexity index is 429. The van der Waals surface area contributed by atoms with Gasteiger partial charge in [0.1, 0.15) is 0 Å². The molecule has 94 valence electrons. The van der Waals surface area contributed by atoms with Crippen molar-refractivity contribution >= 4 is 18.2 Å². The summed E-state index contributed by atoms with van der Waals surface area (Å²) in [6, 6.07) is 0.541. The minimum Gasteiger partial charge on any atom is -0.378 e. The zero-order chi connectivity index (χ0) is 11.7. The largest absolute Gasteiger partial charge is 0.378 e. The Morgan fingerprint density at radius 3 is 2.65 bits per heavy atom. The fourth-order valence-corrected chi connectivity index (χ4v) is 3.05. The minimum absolute atomic E-state index is 0.541. The Balaban J connectivity index is 1.90. The summed E-state index contributed by atoms with van der Waals surface area (Å²) in [6.07, 6.45) is 5.07. The molecule has 1 saturated heterocycles. The van der Waals surface area contributed by atoms with E-state index in [4.69, 9.17) is 17.0 Å². The summed E-state index contributed by atoms with van der Waals surface area (Å²) in [5, 5.41) is 7.34. The van der Waals surface area contributed by atoms with Crippen LogP contribution in [0.2, 0.25) is 0 Å². The molecule has 0 aromatic carbocycles. The monoisotopic (exact) mass is 254 g/mol. The number of H-pyrrole nitrogens is 1. The lowest BCUT2D eigenvalue weighted by Gasteiger charge is -2.29. The lowest BCUT2D eigenvalue weighted by molar-refractivity contribution is 0.121. The van der Waals surface area contributed by atoms with E-state index in [2.05, 4.69) is 19.7 Å². The Kier molecular flexibility index (Phi) is 3.15. The van der Waals surface area contributed by atoms with Crippen LogP contribution < -0.4 is 4.90 Å². The molecule has 0 spiro atoms. The van der Waals surface area contributed by atoms with Crippen LogP contribution in [0.3, 0.4) is 0 Å². The number of nitrogens with one attached hydrogen (secondary N) is 1. The smallest absolute Gasteiger partial charge is 0.226 e. The van der Waals surface area contributed by atoms with Crippen molar-refractivity contribution in [2.24, 2.45) is 0 Å². The molecule has 1 aromatic rings. The van der Waals surface area contributed by atoms with E-state index in [0.717, 1.165) is 37.0 Å². The molecule has 0 unspecified atom stereocenters. The van der Waals surface area contributed by atoms with Crippen LogP contribution in [-0.4, -0.2) is 41.1 Å². The first-order chi connectivity index (χ1) is 8.36. The zero-order valence-corrected chi connectivity index (χ0v) is 10.7. The number of ether oxygens (including phenoxy) is 1. The Morgan fingerprint density at radius 1 is 1.24 bits per heavy atom. The normalized spacial score (nSPS) is 22.2. The van der Waals surface area contributed by atoms with Gasteiger partial charge in [-0.05, 0) is 25.1 Å². The van der Waals surface area contributed by atoms with Gasteiger partial charge < -0.3 is 9.64 Å². The standard InChI is InChI=1S/C11H18N4OS/c17-11-13-12-10(14-5-7-16-8-6-14)15(11)9-3-1-2-4-9/h9H,1-8H2,(H,13,17). The highest BCUT2D eigenvalue weighted by molar-refractivity contribution is 7.71. The first kappa shape index (κ1) is 11.2. The van der Waals surface area contributed by atoms with Crippen LogP contribution in [0.25, 0.3) is 0 Å². The molecule has 5 nitrogen and oxygen atoms in total. The lowest BCUT2D eigenvalue weighted by atomic mass is 10.2. The van der Waals surface area contributed by atoms with Gasteiger partial charge in [-0.2, -0.15) is 0 Å². The van der Waals surface area contributed by atoms with Gasteiger partial charge in [-0.25, -0.2) is 5.10 Å². The molecule has 0 bridgehead atoms. The third-order valence-electron chi connectivity index (χ3n) is 3.67. The average molecular weight is 254 g/mol. The molecule has 17 heavy (non-hydrogen) atoms. The lowest BCUT2D eigenvalue weighted by Crippen LogP contribution is -2.38. The van der Waals surface area contributed by atoms with E-state index >= 15 is 0 Å². The van der Waals surface area contributed by atoms with Crippen molar-refractivity contribution < 1.29 is 4.74 Å². The number of aromatic amines is 1. The van der Waals surface area contributed by atoms with Crippen molar-refractivity contribution in [2.75, 3.05) is 31.2 Å². The van der Waals surface area contributed by atoms with Crippen LogP contribution in [0.1, 0.15) is 31.7 Å². The molecule has 2 heterocycles. The van der Waals surface area contributed by atoms with Crippen molar-refractivity contribution in [1.82, 2.24) is 14.8 Å². The van der Waals surface area contributed by atoms with E-state index in [1.165, 1.54) is 25.7 Å². The van der Waals surface area contributed by atoms with Crippen molar-refractivity contribution in [3.63, 3.8) is 0 Å². The van der Waals surface area contributed by atoms with Gasteiger partial charge in [-0.15, -0.1) is 5.10 Å². The first-order valence-electron chi connectivity index (χ1n) is 6.36. The molecule has 1 aliphatic heterocycles. The summed E-state index contributed by atoms with van der Waals surface area (Å²) in [4.78, 5) is 2.27. The van der Waals surface area contributed by atoms with E-state index in [9.17, 15) is 0 Å². The van der Waals surface area contributed by atoms with Gasteiger partial charge in [0.15, 0.2) is 4.77 Å². The predicted octanol–water partition coefficient (Wildman–Crippen LogP) is 1.89. The molecule has 2 fully saturated rings. The molecular formula is C11H18N4OS.